The van der Waals surface area contributed by atoms with Crippen LogP contribution in [0, 0.1) is 5.82 Å². The summed E-state index contributed by atoms with van der Waals surface area (Å²) in [7, 11) is 1.41. The Labute approximate surface area is 166 Å². The Balaban J connectivity index is 1.68. The van der Waals surface area contributed by atoms with Gasteiger partial charge in [0.1, 0.15) is 6.54 Å². The lowest BCUT2D eigenvalue weighted by Crippen LogP contribution is -2.33. The van der Waals surface area contributed by atoms with Gasteiger partial charge in [-0.05, 0) is 42.0 Å². The number of carbonyl (C=O) groups excluding carboxylic acids is 1. The van der Waals surface area contributed by atoms with Crippen LogP contribution in [-0.4, -0.2) is 44.7 Å². The van der Waals surface area contributed by atoms with Crippen molar-refractivity contribution in [3.63, 3.8) is 0 Å². The lowest BCUT2D eigenvalue weighted by molar-refractivity contribution is -0.132. The van der Waals surface area contributed by atoms with E-state index in [-0.39, 0.29) is 24.7 Å². The fourth-order valence-electron chi connectivity index (χ4n) is 2.68. The number of amides is 1. The van der Waals surface area contributed by atoms with E-state index in [0.717, 1.165) is 0 Å². The van der Waals surface area contributed by atoms with Crippen LogP contribution < -0.4 is 4.74 Å². The molecule has 0 aliphatic heterocycles. The van der Waals surface area contributed by atoms with Gasteiger partial charge in [-0.2, -0.15) is 4.80 Å². The number of halogens is 2. The molecule has 0 fully saturated rings. The predicted molar refractivity (Wildman–Crippen MR) is 102 cm³/mol. The van der Waals surface area contributed by atoms with E-state index in [0.29, 0.717) is 28.5 Å². The normalized spacial score (nSPS) is 10.7. The summed E-state index contributed by atoms with van der Waals surface area (Å²) in [6.07, 6.45) is 0. The number of tetrazole rings is 1. The van der Waals surface area contributed by atoms with Crippen LogP contribution in [0.2, 0.25) is 5.02 Å². The van der Waals surface area contributed by atoms with Crippen LogP contribution in [-0.2, 0) is 17.9 Å². The van der Waals surface area contributed by atoms with E-state index >= 15 is 0 Å². The molecule has 3 rings (SSSR count). The number of hydrogen-bond acceptors (Lipinski definition) is 5. The van der Waals surface area contributed by atoms with Crippen LogP contribution in [0.25, 0.3) is 11.4 Å². The molecule has 1 amide bonds. The Kier molecular flexibility index (Phi) is 6.20. The van der Waals surface area contributed by atoms with Gasteiger partial charge in [0.25, 0.3) is 0 Å². The largest absolute Gasteiger partial charge is 0.494 e. The average Bonchev–Trinajstić information content (AvgIpc) is 3.14. The van der Waals surface area contributed by atoms with Crippen molar-refractivity contribution in [1.29, 1.82) is 0 Å². The molecule has 9 heteroatoms. The third kappa shape index (κ3) is 4.64. The molecule has 0 bridgehead atoms. The van der Waals surface area contributed by atoms with E-state index in [2.05, 4.69) is 15.4 Å². The van der Waals surface area contributed by atoms with E-state index in [1.807, 2.05) is 13.0 Å². The molecular formula is C19H19ClFN5O2. The fourth-order valence-corrected chi connectivity index (χ4v) is 2.87. The summed E-state index contributed by atoms with van der Waals surface area (Å²) < 4.78 is 18.8. The first-order valence-electron chi connectivity index (χ1n) is 8.64. The van der Waals surface area contributed by atoms with Gasteiger partial charge in [-0.3, -0.25) is 4.79 Å². The Hall–Kier alpha value is -3.00. The molecule has 0 aliphatic carbocycles. The topological polar surface area (TPSA) is 73.1 Å². The molecule has 28 heavy (non-hydrogen) atoms. The van der Waals surface area contributed by atoms with Gasteiger partial charge in [0.2, 0.25) is 11.7 Å². The maximum atomic E-state index is 13.9. The first kappa shape index (κ1) is 19.8. The van der Waals surface area contributed by atoms with Crippen molar-refractivity contribution in [1.82, 2.24) is 25.1 Å². The summed E-state index contributed by atoms with van der Waals surface area (Å²) in [5, 5.41) is 12.7. The Morgan fingerprint density at radius 3 is 2.79 bits per heavy atom. The second-order valence-electron chi connectivity index (χ2n) is 6.03. The Morgan fingerprint density at radius 1 is 1.29 bits per heavy atom. The minimum absolute atomic E-state index is 0.0694. The molecule has 0 aliphatic rings. The molecule has 2 aromatic carbocycles. The predicted octanol–water partition coefficient (Wildman–Crippen LogP) is 3.19. The summed E-state index contributed by atoms with van der Waals surface area (Å²) in [5.41, 5.74) is 1.38. The smallest absolute Gasteiger partial charge is 0.246 e. The third-order valence-electron chi connectivity index (χ3n) is 4.14. The van der Waals surface area contributed by atoms with Gasteiger partial charge in [-0.1, -0.05) is 29.8 Å². The highest BCUT2D eigenvalue weighted by Gasteiger charge is 2.16. The number of methoxy groups -OCH3 is 1. The van der Waals surface area contributed by atoms with Crippen LogP contribution in [0.15, 0.2) is 42.5 Å². The Bertz CT molecular complexity index is 978. The molecule has 3 aromatic rings. The molecular weight excluding hydrogens is 385 g/mol. The number of benzene rings is 2. The maximum absolute atomic E-state index is 13.9. The average molecular weight is 404 g/mol. The summed E-state index contributed by atoms with van der Waals surface area (Å²) >= 11 is 5.98. The zero-order valence-corrected chi connectivity index (χ0v) is 16.2. The van der Waals surface area contributed by atoms with Gasteiger partial charge in [0.05, 0.1) is 7.11 Å². The molecule has 0 atom stereocenters. The van der Waals surface area contributed by atoms with E-state index in [1.54, 1.807) is 35.2 Å². The number of likely N-dealkylation sites (N-methyl/N-ethyl adjacent to an activating group) is 1. The second kappa shape index (κ2) is 8.79. The van der Waals surface area contributed by atoms with Crippen LogP contribution in [0.4, 0.5) is 4.39 Å². The minimum Gasteiger partial charge on any atom is -0.494 e. The molecule has 0 N–H and O–H groups in total. The van der Waals surface area contributed by atoms with E-state index in [4.69, 9.17) is 16.3 Å². The summed E-state index contributed by atoms with van der Waals surface area (Å²) in [6.45, 7) is 2.51. The standard InChI is InChI=1S/C19H19ClFN5O2/c1-3-25(11-13-7-8-17(28-2)16(21)9-13)18(27)12-26-23-19(22-24-26)14-5-4-6-15(20)10-14/h4-10H,3,11-12H2,1-2H3. The fraction of sp³-hybridized carbons (Fsp3) is 0.263. The highest BCUT2D eigenvalue weighted by molar-refractivity contribution is 6.30. The molecule has 0 saturated carbocycles. The zero-order chi connectivity index (χ0) is 20.1. The highest BCUT2D eigenvalue weighted by atomic mass is 35.5. The number of carbonyl (C=O) groups is 1. The quantitative estimate of drug-likeness (QED) is 0.605. The molecule has 0 spiro atoms. The summed E-state index contributed by atoms with van der Waals surface area (Å²) in [5.74, 6) is -0.115. The highest BCUT2D eigenvalue weighted by Crippen LogP contribution is 2.20. The van der Waals surface area contributed by atoms with Crippen molar-refractivity contribution in [2.75, 3.05) is 13.7 Å². The van der Waals surface area contributed by atoms with Gasteiger partial charge >= 0.3 is 0 Å². The van der Waals surface area contributed by atoms with Gasteiger partial charge in [-0.25, -0.2) is 4.39 Å². The number of nitrogens with zero attached hydrogens (tertiary/aromatic N) is 5. The molecule has 0 unspecified atom stereocenters. The van der Waals surface area contributed by atoms with Gasteiger partial charge < -0.3 is 9.64 Å². The van der Waals surface area contributed by atoms with E-state index < -0.39 is 5.82 Å². The first-order chi connectivity index (χ1) is 13.5. The molecule has 7 nitrogen and oxygen atoms in total. The molecule has 0 saturated heterocycles. The molecule has 1 heterocycles. The zero-order valence-electron chi connectivity index (χ0n) is 15.5. The lowest BCUT2D eigenvalue weighted by Gasteiger charge is -2.20. The van der Waals surface area contributed by atoms with E-state index in [1.165, 1.54) is 18.0 Å². The number of hydrogen-bond donors (Lipinski definition) is 0. The Morgan fingerprint density at radius 2 is 2.11 bits per heavy atom. The van der Waals surface area contributed by atoms with E-state index in [9.17, 15) is 9.18 Å². The summed E-state index contributed by atoms with van der Waals surface area (Å²) in [6, 6.07) is 11.7. The van der Waals surface area contributed by atoms with Crippen molar-refractivity contribution in [2.45, 2.75) is 20.0 Å². The van der Waals surface area contributed by atoms with Crippen LogP contribution in [0.1, 0.15) is 12.5 Å². The monoisotopic (exact) mass is 403 g/mol. The van der Waals surface area contributed by atoms with Crippen molar-refractivity contribution < 1.29 is 13.9 Å². The van der Waals surface area contributed by atoms with Crippen molar-refractivity contribution >= 4 is 17.5 Å². The minimum atomic E-state index is -0.465. The molecule has 1 aromatic heterocycles. The maximum Gasteiger partial charge on any atom is 0.246 e. The van der Waals surface area contributed by atoms with Crippen molar-refractivity contribution in [3.05, 3.63) is 58.9 Å². The van der Waals surface area contributed by atoms with Crippen LogP contribution >= 0.6 is 11.6 Å². The summed E-state index contributed by atoms with van der Waals surface area (Å²) in [4.78, 5) is 15.4. The lowest BCUT2D eigenvalue weighted by atomic mass is 10.2. The van der Waals surface area contributed by atoms with Crippen molar-refractivity contribution in [2.24, 2.45) is 0 Å². The van der Waals surface area contributed by atoms with Crippen LogP contribution in [0.5, 0.6) is 5.75 Å². The molecule has 0 radical (unpaired) electrons. The second-order valence-corrected chi connectivity index (χ2v) is 6.47. The van der Waals surface area contributed by atoms with Gasteiger partial charge in [-0.15, -0.1) is 10.2 Å². The van der Waals surface area contributed by atoms with Crippen molar-refractivity contribution in [3.8, 4) is 17.1 Å². The van der Waals surface area contributed by atoms with Gasteiger partial charge in [0, 0.05) is 23.7 Å². The third-order valence-corrected chi connectivity index (χ3v) is 4.37. The molecule has 146 valence electrons. The van der Waals surface area contributed by atoms with Crippen LogP contribution in [0.3, 0.4) is 0 Å². The number of rotatable bonds is 7. The first-order valence-corrected chi connectivity index (χ1v) is 9.02. The SMILES string of the molecule is CCN(Cc1ccc(OC)c(F)c1)C(=O)Cn1nnc(-c2cccc(Cl)c2)n1. The van der Waals surface area contributed by atoms with Gasteiger partial charge in [0.15, 0.2) is 11.6 Å². The number of aromatic nitrogens is 4. The number of ether oxygens (including phenoxy) is 1.